The van der Waals surface area contributed by atoms with E-state index in [9.17, 15) is 10.0 Å². The number of pyridine rings is 1. The van der Waals surface area contributed by atoms with Crippen LogP contribution in [0.4, 0.5) is 4.39 Å². The topological polar surface area (TPSA) is 78.4 Å². The molecule has 1 atom stereocenters. The third-order valence-corrected chi connectivity index (χ3v) is 6.39. The van der Waals surface area contributed by atoms with E-state index in [-0.39, 0.29) is 12.0 Å². The highest BCUT2D eigenvalue weighted by Gasteiger charge is 2.22. The Morgan fingerprint density at radius 3 is 2.31 bits per heavy atom. The average molecular weight is 500 g/mol. The smallest absolute Gasteiger partial charge is 0.250 e. The van der Waals surface area contributed by atoms with Gasteiger partial charge in [0.1, 0.15) is 5.82 Å². The van der Waals surface area contributed by atoms with E-state index in [0.29, 0.717) is 28.3 Å². The molecule has 0 aliphatic heterocycles. The lowest BCUT2D eigenvalue weighted by Crippen LogP contribution is -2.18. The highest BCUT2D eigenvalue weighted by Crippen LogP contribution is 2.34. The van der Waals surface area contributed by atoms with Gasteiger partial charge >= 0.3 is 0 Å². The zero-order chi connectivity index (χ0) is 25.7. The van der Waals surface area contributed by atoms with Gasteiger partial charge in [-0.05, 0) is 46.0 Å². The van der Waals surface area contributed by atoms with E-state index in [1.54, 1.807) is 31.4 Å². The van der Waals surface area contributed by atoms with Crippen molar-refractivity contribution < 1.29 is 9.60 Å². The Balaban J connectivity index is 1.71. The molecule has 36 heavy (non-hydrogen) atoms. The predicted molar refractivity (Wildman–Crippen MR) is 139 cm³/mol. The van der Waals surface area contributed by atoms with Gasteiger partial charge in [0, 0.05) is 42.2 Å². The maximum atomic E-state index is 15.0. The monoisotopic (exact) mass is 499 g/mol. The van der Waals surface area contributed by atoms with E-state index >= 15 is 4.39 Å². The first-order valence-corrected chi connectivity index (χ1v) is 11.7. The molecule has 4 rings (SSSR count). The van der Waals surface area contributed by atoms with Crippen LogP contribution >= 0.6 is 11.6 Å². The number of halogens is 2. The molecule has 1 heterocycles. The van der Waals surface area contributed by atoms with Crippen molar-refractivity contribution >= 4 is 17.3 Å². The van der Waals surface area contributed by atoms with Gasteiger partial charge in [0.15, 0.2) is 0 Å². The van der Waals surface area contributed by atoms with Crippen LogP contribution in [0.25, 0.3) is 11.1 Å². The largest absolute Gasteiger partial charge is 0.411 e. The van der Waals surface area contributed by atoms with Crippen LogP contribution in [0.5, 0.6) is 0 Å². The molecule has 3 aromatic carbocycles. The van der Waals surface area contributed by atoms with Gasteiger partial charge in [-0.1, -0.05) is 71.4 Å². The number of oxime groups is 1. The first-order chi connectivity index (χ1) is 17.4. The van der Waals surface area contributed by atoms with Crippen molar-refractivity contribution in [2.75, 3.05) is 0 Å². The van der Waals surface area contributed by atoms with Gasteiger partial charge in [-0.25, -0.2) is 4.39 Å². The molecule has 180 valence electrons. The summed E-state index contributed by atoms with van der Waals surface area (Å²) in [6.07, 6.45) is 2.14. The third-order valence-electron chi connectivity index (χ3n) is 6.16. The zero-order valence-corrected chi connectivity index (χ0v) is 20.3. The second-order valence-corrected chi connectivity index (χ2v) is 8.93. The Morgan fingerprint density at radius 2 is 1.72 bits per heavy atom. The van der Waals surface area contributed by atoms with Crippen molar-refractivity contribution in [3.8, 4) is 17.2 Å². The molecule has 0 bridgehead atoms. The zero-order valence-electron chi connectivity index (χ0n) is 19.5. The summed E-state index contributed by atoms with van der Waals surface area (Å²) < 4.78 is 16.4. The summed E-state index contributed by atoms with van der Waals surface area (Å²) in [5.74, 6) is -0.931. The number of aromatic nitrogens is 1. The van der Waals surface area contributed by atoms with Gasteiger partial charge < -0.3 is 9.77 Å². The van der Waals surface area contributed by atoms with Crippen molar-refractivity contribution in [3.05, 3.63) is 129 Å². The summed E-state index contributed by atoms with van der Waals surface area (Å²) in [4.78, 5) is 11.8. The van der Waals surface area contributed by atoms with Crippen LogP contribution in [-0.2, 0) is 13.5 Å². The normalized spacial score (nSPS) is 12.2. The molecular formula is C29H23ClFN3O2. The average Bonchev–Trinajstić information content (AvgIpc) is 2.88. The predicted octanol–water partition coefficient (Wildman–Crippen LogP) is 6.31. The molecule has 0 saturated heterocycles. The maximum absolute atomic E-state index is 15.0. The summed E-state index contributed by atoms with van der Waals surface area (Å²) in [5.41, 5.74) is 4.87. The molecule has 4 aromatic rings. The molecule has 1 unspecified atom stereocenters. The second-order valence-electron chi connectivity index (χ2n) is 8.49. The van der Waals surface area contributed by atoms with Gasteiger partial charge in [-0.3, -0.25) is 4.79 Å². The number of aryl methyl sites for hydroxylation is 1. The van der Waals surface area contributed by atoms with E-state index in [0.717, 1.165) is 22.3 Å². The van der Waals surface area contributed by atoms with Crippen LogP contribution in [0, 0.1) is 17.1 Å². The van der Waals surface area contributed by atoms with Crippen molar-refractivity contribution in [2.24, 2.45) is 12.2 Å². The minimum Gasteiger partial charge on any atom is -0.411 e. The van der Waals surface area contributed by atoms with Gasteiger partial charge in [0.2, 0.25) is 5.56 Å². The number of hydrogen-bond acceptors (Lipinski definition) is 4. The molecule has 0 aliphatic carbocycles. The minimum absolute atomic E-state index is 0.187. The van der Waals surface area contributed by atoms with E-state index in [1.165, 1.54) is 16.7 Å². The minimum atomic E-state index is -0.475. The van der Waals surface area contributed by atoms with Crippen molar-refractivity contribution in [1.29, 1.82) is 5.26 Å². The molecule has 1 N–H and O–H groups in total. The fourth-order valence-corrected chi connectivity index (χ4v) is 4.34. The van der Waals surface area contributed by atoms with Crippen LogP contribution in [0.15, 0.2) is 95.0 Å². The first-order valence-electron chi connectivity index (χ1n) is 11.3. The Kier molecular flexibility index (Phi) is 7.62. The lowest BCUT2D eigenvalue weighted by atomic mass is 9.84. The van der Waals surface area contributed by atoms with Gasteiger partial charge in [-0.2, -0.15) is 5.26 Å². The van der Waals surface area contributed by atoms with Crippen LogP contribution in [0.1, 0.15) is 34.6 Å². The lowest BCUT2D eigenvalue weighted by molar-refractivity contribution is 0.317. The van der Waals surface area contributed by atoms with Crippen LogP contribution < -0.4 is 5.56 Å². The molecule has 0 radical (unpaired) electrons. The molecule has 5 nitrogen and oxygen atoms in total. The number of nitriles is 1. The molecular weight excluding hydrogens is 477 g/mol. The van der Waals surface area contributed by atoms with Crippen molar-refractivity contribution in [2.45, 2.75) is 18.8 Å². The number of benzene rings is 3. The quantitative estimate of drug-likeness (QED) is 0.184. The Morgan fingerprint density at radius 1 is 1.06 bits per heavy atom. The molecule has 0 amide bonds. The van der Waals surface area contributed by atoms with E-state index in [2.05, 4.69) is 11.2 Å². The highest BCUT2D eigenvalue weighted by atomic mass is 35.5. The highest BCUT2D eigenvalue weighted by molar-refractivity contribution is 6.30. The van der Waals surface area contributed by atoms with Gasteiger partial charge in [0.05, 0.1) is 18.2 Å². The lowest BCUT2D eigenvalue weighted by Gasteiger charge is -2.20. The summed E-state index contributed by atoms with van der Waals surface area (Å²) >= 11 is 5.99. The van der Waals surface area contributed by atoms with E-state index in [1.807, 2.05) is 48.5 Å². The first kappa shape index (κ1) is 24.9. The SMILES string of the molecule is Cn1cc(C(CC(c2ccc(-c3ccc(CC#N)cc3)cc2)c2ccc(Cl)cc2F)=NO)ccc1=O. The molecule has 0 spiro atoms. The van der Waals surface area contributed by atoms with Gasteiger partial charge in [-0.15, -0.1) is 0 Å². The Labute approximate surface area is 213 Å². The van der Waals surface area contributed by atoms with Crippen LogP contribution in [-0.4, -0.2) is 15.5 Å². The molecule has 0 saturated carbocycles. The van der Waals surface area contributed by atoms with Crippen LogP contribution in [0.3, 0.4) is 0 Å². The Bertz CT molecular complexity index is 1500. The maximum Gasteiger partial charge on any atom is 0.250 e. The van der Waals surface area contributed by atoms with Crippen molar-refractivity contribution in [1.82, 2.24) is 4.57 Å². The van der Waals surface area contributed by atoms with E-state index in [4.69, 9.17) is 16.9 Å². The van der Waals surface area contributed by atoms with Gasteiger partial charge in [0.25, 0.3) is 0 Å². The molecule has 7 heteroatoms. The number of rotatable bonds is 7. The fraction of sp³-hybridized carbons (Fsp3) is 0.138. The van der Waals surface area contributed by atoms with Crippen molar-refractivity contribution in [3.63, 3.8) is 0 Å². The second kappa shape index (κ2) is 11.0. The third kappa shape index (κ3) is 5.54. The number of nitrogens with zero attached hydrogens (tertiary/aromatic N) is 3. The summed E-state index contributed by atoms with van der Waals surface area (Å²) in [6.45, 7) is 0. The molecule has 0 fully saturated rings. The Hall–Kier alpha value is -4.21. The summed E-state index contributed by atoms with van der Waals surface area (Å²) in [5, 5.41) is 22.5. The van der Waals surface area contributed by atoms with E-state index < -0.39 is 11.7 Å². The number of hydrogen-bond donors (Lipinski definition) is 1. The molecule has 1 aromatic heterocycles. The summed E-state index contributed by atoms with van der Waals surface area (Å²) in [6, 6.07) is 25.2. The standard InChI is InChI=1S/C29H23ClFN3O2/c1-34-18-23(10-13-29(34)35)28(33-36)17-26(25-12-11-24(30)16-27(25)31)22-8-6-21(7-9-22)20-4-2-19(3-5-20)14-15-32/h2-13,16,18,26,36H,14,17H2,1H3. The van der Waals surface area contributed by atoms with Crippen LogP contribution in [0.2, 0.25) is 5.02 Å². The molecule has 0 aliphatic rings. The summed E-state index contributed by atoms with van der Waals surface area (Å²) in [7, 11) is 1.61. The fourth-order valence-electron chi connectivity index (χ4n) is 4.18.